The van der Waals surface area contributed by atoms with Gasteiger partial charge in [-0.15, -0.1) is 0 Å². The van der Waals surface area contributed by atoms with Gasteiger partial charge < -0.3 is 4.74 Å². The molecule has 0 bridgehead atoms. The van der Waals surface area contributed by atoms with E-state index in [1.165, 1.54) is 14.2 Å². The average molecular weight is 351 g/mol. The molecule has 4 nitrogen and oxygen atoms in total. The van der Waals surface area contributed by atoms with Crippen molar-refractivity contribution in [2.75, 3.05) is 7.11 Å². The highest BCUT2D eigenvalue weighted by atomic mass is 35.5. The van der Waals surface area contributed by atoms with E-state index in [0.717, 1.165) is 16.8 Å². The Morgan fingerprint density at radius 3 is 2.33 bits per heavy atom. The maximum absolute atomic E-state index is 14.4. The van der Waals surface area contributed by atoms with E-state index in [1.807, 2.05) is 0 Å². The molecule has 0 atom stereocenters. The van der Waals surface area contributed by atoms with Crippen LogP contribution >= 0.6 is 11.6 Å². The summed E-state index contributed by atoms with van der Waals surface area (Å²) < 4.78 is 34.9. The minimum absolute atomic E-state index is 0.0215. The lowest BCUT2D eigenvalue weighted by Gasteiger charge is -2.09. The minimum Gasteiger partial charge on any atom is -0.497 e. The van der Waals surface area contributed by atoms with Crippen LogP contribution in [0.15, 0.2) is 41.2 Å². The van der Waals surface area contributed by atoms with Gasteiger partial charge in [0.15, 0.2) is 0 Å². The molecule has 3 aromatic rings. The van der Waals surface area contributed by atoms with Crippen molar-refractivity contribution in [1.29, 1.82) is 0 Å². The molecule has 1 heterocycles. The lowest BCUT2D eigenvalue weighted by molar-refractivity contribution is 0.407. The van der Waals surface area contributed by atoms with Crippen LogP contribution in [0.2, 0.25) is 5.02 Å². The Balaban J connectivity index is 2.34. The van der Waals surface area contributed by atoms with Gasteiger partial charge in [-0.2, -0.15) is 0 Å². The highest BCUT2D eigenvalue weighted by Gasteiger charge is 2.24. The Hall–Kier alpha value is -2.60. The van der Waals surface area contributed by atoms with Gasteiger partial charge in [-0.05, 0) is 6.07 Å². The van der Waals surface area contributed by atoms with Crippen LogP contribution in [0.5, 0.6) is 5.75 Å². The minimum atomic E-state index is -0.845. The summed E-state index contributed by atoms with van der Waals surface area (Å²) in [6.45, 7) is 0. The molecule has 0 saturated carbocycles. The predicted molar refractivity (Wildman–Crippen MR) is 88.4 cm³/mol. The molecule has 0 saturated heterocycles. The predicted octanol–water partition coefficient (Wildman–Crippen LogP) is 3.99. The first-order valence-electron chi connectivity index (χ1n) is 7.01. The van der Waals surface area contributed by atoms with E-state index < -0.39 is 17.2 Å². The summed E-state index contributed by atoms with van der Waals surface area (Å²) in [6, 6.07) is 8.74. The molecule has 0 unspecified atom stereocenters. The number of benzene rings is 2. The van der Waals surface area contributed by atoms with Gasteiger partial charge in [0.05, 0.1) is 23.9 Å². The summed E-state index contributed by atoms with van der Waals surface area (Å²) >= 11 is 6.16. The van der Waals surface area contributed by atoms with Gasteiger partial charge in [0.25, 0.3) is 5.56 Å². The number of aryl methyl sites for hydroxylation is 1. The Morgan fingerprint density at radius 1 is 1.12 bits per heavy atom. The third-order valence-electron chi connectivity index (χ3n) is 3.69. The van der Waals surface area contributed by atoms with Crippen LogP contribution in [0.25, 0.3) is 22.4 Å². The van der Waals surface area contributed by atoms with E-state index in [4.69, 9.17) is 16.3 Å². The monoisotopic (exact) mass is 350 g/mol. The van der Waals surface area contributed by atoms with Crippen molar-refractivity contribution >= 4 is 11.6 Å². The van der Waals surface area contributed by atoms with Crippen LogP contribution < -0.4 is 10.3 Å². The molecule has 0 fully saturated rings. The third kappa shape index (κ3) is 2.59. The molecular weight excluding hydrogens is 338 g/mol. The third-order valence-corrected chi connectivity index (χ3v) is 4.02. The van der Waals surface area contributed by atoms with Crippen LogP contribution in [0.3, 0.4) is 0 Å². The van der Waals surface area contributed by atoms with Crippen molar-refractivity contribution in [3.05, 3.63) is 63.4 Å². The number of H-pyrrole nitrogens is 1. The van der Waals surface area contributed by atoms with Gasteiger partial charge in [0.1, 0.15) is 17.4 Å². The number of aromatic amines is 1. The van der Waals surface area contributed by atoms with Crippen LogP contribution in [-0.2, 0) is 7.05 Å². The summed E-state index contributed by atoms with van der Waals surface area (Å²) in [7, 11) is 2.78. The van der Waals surface area contributed by atoms with Crippen molar-refractivity contribution in [1.82, 2.24) is 9.78 Å². The van der Waals surface area contributed by atoms with Crippen LogP contribution in [0.4, 0.5) is 8.78 Å². The highest BCUT2D eigenvalue weighted by Crippen LogP contribution is 2.36. The number of ether oxygens (including phenoxy) is 1. The van der Waals surface area contributed by atoms with Crippen molar-refractivity contribution in [3.63, 3.8) is 0 Å². The van der Waals surface area contributed by atoms with E-state index in [-0.39, 0.29) is 22.6 Å². The SMILES string of the molecule is COc1cc(F)c(-c2[nH]n(C)c(=O)c2-c2ccccc2Cl)c(F)c1. The standard InChI is InChI=1S/C17H13ClF2N2O2/c1-22-17(23)14(10-5-3-4-6-11(10)18)16(21-22)15-12(19)7-9(24-2)8-13(15)20/h3-8,21H,1-2H3. The molecule has 124 valence electrons. The number of nitrogens with one attached hydrogen (secondary N) is 1. The quantitative estimate of drug-likeness (QED) is 0.776. The number of nitrogens with zero attached hydrogens (tertiary/aromatic N) is 1. The van der Waals surface area contributed by atoms with Crippen molar-refractivity contribution in [2.24, 2.45) is 7.05 Å². The van der Waals surface area contributed by atoms with E-state index >= 15 is 0 Å². The van der Waals surface area contributed by atoms with Crippen LogP contribution in [0.1, 0.15) is 0 Å². The summed E-state index contributed by atoms with van der Waals surface area (Å²) in [5.41, 5.74) is -0.263. The summed E-state index contributed by atoms with van der Waals surface area (Å²) in [5.74, 6) is -1.64. The molecule has 24 heavy (non-hydrogen) atoms. The van der Waals surface area contributed by atoms with Crippen molar-refractivity contribution < 1.29 is 13.5 Å². The van der Waals surface area contributed by atoms with E-state index in [9.17, 15) is 13.6 Å². The molecule has 0 aliphatic heterocycles. The summed E-state index contributed by atoms with van der Waals surface area (Å²) in [5, 5.41) is 3.01. The Bertz CT molecular complexity index is 956. The van der Waals surface area contributed by atoms with Gasteiger partial charge in [0, 0.05) is 29.8 Å². The lowest BCUT2D eigenvalue weighted by Crippen LogP contribution is -2.13. The first-order valence-corrected chi connectivity index (χ1v) is 7.39. The van der Waals surface area contributed by atoms with Crippen LogP contribution in [0, 0.1) is 11.6 Å². The topological polar surface area (TPSA) is 47.0 Å². The maximum atomic E-state index is 14.4. The van der Waals surface area contributed by atoms with Gasteiger partial charge >= 0.3 is 0 Å². The number of halogens is 3. The number of methoxy groups -OCH3 is 1. The van der Waals surface area contributed by atoms with Crippen molar-refractivity contribution in [3.8, 4) is 28.1 Å². The van der Waals surface area contributed by atoms with Crippen molar-refractivity contribution in [2.45, 2.75) is 0 Å². The molecule has 7 heteroatoms. The smallest absolute Gasteiger partial charge is 0.274 e. The number of hydrogen-bond donors (Lipinski definition) is 1. The molecular formula is C17H13ClF2N2O2. The fourth-order valence-electron chi connectivity index (χ4n) is 2.55. The Morgan fingerprint density at radius 2 is 1.75 bits per heavy atom. The maximum Gasteiger partial charge on any atom is 0.274 e. The van der Waals surface area contributed by atoms with Gasteiger partial charge in [-0.3, -0.25) is 14.6 Å². The zero-order chi connectivity index (χ0) is 17.4. The second-order valence-electron chi connectivity index (χ2n) is 5.17. The van der Waals surface area contributed by atoms with Gasteiger partial charge in [0.2, 0.25) is 0 Å². The summed E-state index contributed by atoms with van der Waals surface area (Å²) in [4.78, 5) is 12.5. The normalized spacial score (nSPS) is 10.9. The number of aromatic nitrogens is 2. The second-order valence-corrected chi connectivity index (χ2v) is 5.58. The number of hydrogen-bond acceptors (Lipinski definition) is 2. The molecule has 1 N–H and O–H groups in total. The first-order chi connectivity index (χ1) is 11.4. The molecule has 2 aromatic carbocycles. The molecule has 3 rings (SSSR count). The summed E-state index contributed by atoms with van der Waals surface area (Å²) in [6.07, 6.45) is 0. The van der Waals surface area contributed by atoms with Gasteiger partial charge in [-0.1, -0.05) is 29.8 Å². The van der Waals surface area contributed by atoms with Crippen LogP contribution in [-0.4, -0.2) is 16.9 Å². The molecule has 0 amide bonds. The van der Waals surface area contributed by atoms with E-state index in [1.54, 1.807) is 24.3 Å². The average Bonchev–Trinajstić information content (AvgIpc) is 2.82. The molecule has 0 spiro atoms. The molecule has 0 aliphatic rings. The number of rotatable bonds is 3. The molecule has 0 aliphatic carbocycles. The van der Waals surface area contributed by atoms with E-state index in [0.29, 0.717) is 10.6 Å². The van der Waals surface area contributed by atoms with E-state index in [2.05, 4.69) is 5.10 Å². The first kappa shape index (κ1) is 16.3. The second kappa shape index (κ2) is 6.13. The largest absolute Gasteiger partial charge is 0.497 e. The fraction of sp³-hybridized carbons (Fsp3) is 0.118. The zero-order valence-electron chi connectivity index (χ0n) is 12.9. The fourth-order valence-corrected chi connectivity index (χ4v) is 2.78. The molecule has 1 aromatic heterocycles. The molecule has 0 radical (unpaired) electrons. The highest BCUT2D eigenvalue weighted by molar-refractivity contribution is 6.33. The lowest BCUT2D eigenvalue weighted by atomic mass is 10.0. The zero-order valence-corrected chi connectivity index (χ0v) is 13.6. The van der Waals surface area contributed by atoms with Gasteiger partial charge in [-0.25, -0.2) is 8.78 Å². The Labute approximate surface area is 141 Å². The Kier molecular flexibility index (Phi) is 4.15.